The molecule has 2 aliphatic rings. The van der Waals surface area contributed by atoms with Crippen molar-refractivity contribution < 1.29 is 49.1 Å². The van der Waals surface area contributed by atoms with Gasteiger partial charge >= 0.3 is 11.9 Å². The summed E-state index contributed by atoms with van der Waals surface area (Å²) in [7, 11) is 0. The number of hydrogen-bond donors (Lipinski definition) is 4. The van der Waals surface area contributed by atoms with Crippen LogP contribution in [0.15, 0.2) is 0 Å². The Labute approximate surface area is 149 Å². The number of aliphatic carboxylic acids is 4. The molecule has 0 spiro atoms. The van der Waals surface area contributed by atoms with Crippen LogP contribution in [0.2, 0.25) is 0 Å². The molecule has 2 rings (SSSR count). The Kier molecular flexibility index (Phi) is 12.1. The van der Waals surface area contributed by atoms with E-state index in [-0.39, 0.29) is 12.3 Å². The van der Waals surface area contributed by atoms with Gasteiger partial charge in [-0.3, -0.25) is 0 Å². The SMILES string of the molecule is O=C(O)[C@@H]1CCC[C@H](C(=O)O)O1.O=C([O-])[C@@H]1CCC[C@H](C(=O)[O-])O1.[NH4+].[NH4+]. The quantitative estimate of drug-likeness (QED) is 0.427. The van der Waals surface area contributed by atoms with E-state index < -0.39 is 48.3 Å². The van der Waals surface area contributed by atoms with Crippen molar-refractivity contribution in [3.63, 3.8) is 0 Å². The molecule has 4 atom stereocenters. The molecule has 0 bridgehead atoms. The van der Waals surface area contributed by atoms with Gasteiger partial charge in [0.2, 0.25) is 0 Å². The monoisotopic (exact) mass is 382 g/mol. The minimum atomic E-state index is -1.36. The lowest BCUT2D eigenvalue weighted by molar-refractivity contribution is -0.332. The molecule has 12 nitrogen and oxygen atoms in total. The molecule has 0 unspecified atom stereocenters. The highest BCUT2D eigenvalue weighted by Crippen LogP contribution is 2.19. The molecule has 0 aromatic heterocycles. The van der Waals surface area contributed by atoms with Crippen molar-refractivity contribution in [1.29, 1.82) is 0 Å². The normalized spacial score (nSPS) is 27.4. The fourth-order valence-electron chi connectivity index (χ4n) is 2.36. The highest BCUT2D eigenvalue weighted by Gasteiger charge is 2.31. The molecule has 2 heterocycles. The fraction of sp³-hybridized carbons (Fsp3) is 0.714. The van der Waals surface area contributed by atoms with Crippen LogP contribution in [0.5, 0.6) is 0 Å². The minimum Gasteiger partial charge on any atom is -0.547 e. The Morgan fingerprint density at radius 3 is 1.19 bits per heavy atom. The summed E-state index contributed by atoms with van der Waals surface area (Å²) in [4.78, 5) is 41.4. The van der Waals surface area contributed by atoms with Gasteiger partial charge in [0, 0.05) is 0 Å². The third kappa shape index (κ3) is 8.20. The summed E-state index contributed by atoms with van der Waals surface area (Å²) in [5.41, 5.74) is 0. The van der Waals surface area contributed by atoms with Gasteiger partial charge in [0.1, 0.15) is 0 Å². The molecule has 0 aliphatic carbocycles. The number of hydrogen-bond acceptors (Lipinski definition) is 8. The van der Waals surface area contributed by atoms with Gasteiger partial charge in [0.05, 0.1) is 24.1 Å². The second-order valence-corrected chi connectivity index (χ2v) is 5.40. The van der Waals surface area contributed by atoms with E-state index >= 15 is 0 Å². The summed E-state index contributed by atoms with van der Waals surface area (Å²) in [6.45, 7) is 0. The van der Waals surface area contributed by atoms with E-state index in [0.29, 0.717) is 38.5 Å². The Hall–Kier alpha value is -2.28. The first-order valence-electron chi connectivity index (χ1n) is 7.40. The maximum atomic E-state index is 10.4. The molecule has 2 saturated heterocycles. The Bertz CT molecular complexity index is 414. The summed E-state index contributed by atoms with van der Waals surface area (Å²) in [5.74, 6) is -4.89. The van der Waals surface area contributed by atoms with Crippen molar-refractivity contribution in [2.75, 3.05) is 0 Å². The molecule has 10 N–H and O–H groups in total. The number of carbonyl (C=O) groups is 4. The lowest BCUT2D eigenvalue weighted by Crippen LogP contribution is -2.47. The first kappa shape index (κ1) is 26.0. The smallest absolute Gasteiger partial charge is 0.332 e. The van der Waals surface area contributed by atoms with Crippen molar-refractivity contribution >= 4 is 23.9 Å². The van der Waals surface area contributed by atoms with Crippen LogP contribution in [0.4, 0.5) is 0 Å². The zero-order valence-electron chi connectivity index (χ0n) is 14.7. The van der Waals surface area contributed by atoms with Gasteiger partial charge in [-0.1, -0.05) is 0 Å². The number of carboxylic acids is 4. The molecule has 0 amide bonds. The predicted octanol–water partition coefficient (Wildman–Crippen LogP) is -1.73. The average Bonchev–Trinajstić information content (AvgIpc) is 2.55. The van der Waals surface area contributed by atoms with E-state index in [9.17, 15) is 29.4 Å². The average molecular weight is 382 g/mol. The minimum absolute atomic E-state index is 0. The topological polar surface area (TPSA) is 246 Å². The zero-order chi connectivity index (χ0) is 18.3. The van der Waals surface area contributed by atoms with Crippen LogP contribution in [0.1, 0.15) is 38.5 Å². The van der Waals surface area contributed by atoms with Crippen LogP contribution in [0.25, 0.3) is 0 Å². The summed E-state index contributed by atoms with van der Waals surface area (Å²) < 4.78 is 9.50. The molecular weight excluding hydrogens is 356 g/mol. The van der Waals surface area contributed by atoms with E-state index in [4.69, 9.17) is 14.9 Å². The maximum absolute atomic E-state index is 10.4. The Balaban J connectivity index is 0. The van der Waals surface area contributed by atoms with Gasteiger partial charge < -0.3 is 51.8 Å². The highest BCUT2D eigenvalue weighted by molar-refractivity contribution is 5.76. The second kappa shape index (κ2) is 12.1. The van der Waals surface area contributed by atoms with Crippen LogP contribution in [-0.2, 0) is 28.7 Å². The Morgan fingerprint density at radius 1 is 0.654 bits per heavy atom. The lowest BCUT2D eigenvalue weighted by atomic mass is 10.0. The lowest BCUT2D eigenvalue weighted by Gasteiger charge is -2.30. The number of ether oxygens (including phenoxy) is 2. The van der Waals surface area contributed by atoms with Crippen LogP contribution >= 0.6 is 0 Å². The summed E-state index contributed by atoms with van der Waals surface area (Å²) in [6.07, 6.45) is -1.55. The summed E-state index contributed by atoms with van der Waals surface area (Å²) >= 11 is 0. The molecule has 26 heavy (non-hydrogen) atoms. The molecule has 0 aromatic carbocycles. The Morgan fingerprint density at radius 2 is 0.923 bits per heavy atom. The number of quaternary nitrogens is 2. The largest absolute Gasteiger partial charge is 0.547 e. The first-order valence-corrected chi connectivity index (χ1v) is 7.40. The van der Waals surface area contributed by atoms with Crippen molar-refractivity contribution in [2.45, 2.75) is 62.9 Å². The van der Waals surface area contributed by atoms with Crippen LogP contribution in [-0.4, -0.2) is 58.5 Å². The zero-order valence-corrected chi connectivity index (χ0v) is 14.7. The molecule has 0 radical (unpaired) electrons. The number of rotatable bonds is 4. The van der Waals surface area contributed by atoms with Crippen molar-refractivity contribution in [3.8, 4) is 0 Å². The molecular formula is C14H26N2O10. The van der Waals surface area contributed by atoms with Crippen LogP contribution in [0, 0.1) is 0 Å². The molecule has 12 heteroatoms. The highest BCUT2D eigenvalue weighted by atomic mass is 16.5. The molecule has 152 valence electrons. The number of carboxylic acid groups (broad SMARTS) is 4. The van der Waals surface area contributed by atoms with Crippen LogP contribution < -0.4 is 22.5 Å². The number of carbonyl (C=O) groups excluding carboxylic acids is 2. The van der Waals surface area contributed by atoms with Gasteiger partial charge in [-0.25, -0.2) is 9.59 Å². The maximum Gasteiger partial charge on any atom is 0.332 e. The van der Waals surface area contributed by atoms with Crippen molar-refractivity contribution in [1.82, 2.24) is 12.3 Å². The van der Waals surface area contributed by atoms with Gasteiger partial charge in [0.25, 0.3) is 0 Å². The van der Waals surface area contributed by atoms with Crippen molar-refractivity contribution in [3.05, 3.63) is 0 Å². The first-order chi connectivity index (χ1) is 11.2. The van der Waals surface area contributed by atoms with Gasteiger partial charge in [-0.15, -0.1) is 0 Å². The summed E-state index contributed by atoms with van der Waals surface area (Å²) in [6, 6.07) is 0. The summed E-state index contributed by atoms with van der Waals surface area (Å²) in [5, 5.41) is 37.6. The third-order valence-electron chi connectivity index (χ3n) is 3.60. The molecule has 2 aliphatic heterocycles. The van der Waals surface area contributed by atoms with Gasteiger partial charge in [-0.05, 0) is 38.5 Å². The van der Waals surface area contributed by atoms with Gasteiger partial charge in [-0.2, -0.15) is 0 Å². The van der Waals surface area contributed by atoms with Gasteiger partial charge in [0.15, 0.2) is 12.2 Å². The molecule has 2 fully saturated rings. The predicted molar refractivity (Wildman–Crippen MR) is 82.3 cm³/mol. The van der Waals surface area contributed by atoms with E-state index in [1.54, 1.807) is 0 Å². The van der Waals surface area contributed by atoms with E-state index in [1.165, 1.54) is 0 Å². The molecule has 0 saturated carbocycles. The van der Waals surface area contributed by atoms with E-state index in [2.05, 4.69) is 4.74 Å². The molecule has 0 aromatic rings. The van der Waals surface area contributed by atoms with Crippen LogP contribution in [0.3, 0.4) is 0 Å². The van der Waals surface area contributed by atoms with Crippen molar-refractivity contribution in [2.24, 2.45) is 0 Å². The second-order valence-electron chi connectivity index (χ2n) is 5.40. The third-order valence-corrected chi connectivity index (χ3v) is 3.60. The van der Waals surface area contributed by atoms with E-state index in [0.717, 1.165) is 0 Å². The standard InChI is InChI=1S/2C7H10O5.2H3N/c2*8-6(9)4-2-1-3-5(12-4)7(10)11;;/h2*4-5H,1-3H2,(H,8,9)(H,10,11);2*1H3/t2*4-,5+;;. The van der Waals surface area contributed by atoms with E-state index in [1.807, 2.05) is 0 Å². The fourth-order valence-corrected chi connectivity index (χ4v) is 2.36.